The van der Waals surface area contributed by atoms with E-state index in [1.165, 1.54) is 0 Å². The first-order valence-corrected chi connectivity index (χ1v) is 6.16. The second kappa shape index (κ2) is 4.53. The number of halogens is 2. The fourth-order valence-corrected chi connectivity index (χ4v) is 2.81. The highest BCUT2D eigenvalue weighted by molar-refractivity contribution is 6.35. The van der Waals surface area contributed by atoms with Gasteiger partial charge in [-0.25, -0.2) is 0 Å². The molecule has 0 bridgehead atoms. The van der Waals surface area contributed by atoms with Crippen molar-refractivity contribution in [2.75, 3.05) is 6.61 Å². The summed E-state index contributed by atoms with van der Waals surface area (Å²) < 4.78 is 0. The summed E-state index contributed by atoms with van der Waals surface area (Å²) in [5, 5.41) is 10.7. The normalized spacial score (nSPS) is 20.2. The molecule has 1 atom stereocenters. The molecule has 0 amide bonds. The molecule has 3 N–H and O–H groups in total. The predicted molar refractivity (Wildman–Crippen MR) is 66.8 cm³/mol. The number of benzene rings is 1. The summed E-state index contributed by atoms with van der Waals surface area (Å²) >= 11 is 12.0. The van der Waals surface area contributed by atoms with Crippen molar-refractivity contribution in [3.8, 4) is 0 Å². The Balaban J connectivity index is 2.29. The van der Waals surface area contributed by atoms with Gasteiger partial charge in [-0.1, -0.05) is 35.7 Å². The summed E-state index contributed by atoms with van der Waals surface area (Å²) in [6, 6.07) is 5.12. The third-order valence-corrected chi connectivity index (χ3v) is 4.18. The Morgan fingerprint density at radius 1 is 1.38 bits per heavy atom. The Hall–Kier alpha value is -0.280. The van der Waals surface area contributed by atoms with Gasteiger partial charge in [0, 0.05) is 21.5 Å². The molecule has 0 saturated heterocycles. The van der Waals surface area contributed by atoms with Crippen LogP contribution in [0.2, 0.25) is 10.0 Å². The van der Waals surface area contributed by atoms with Crippen LogP contribution in [0.15, 0.2) is 18.2 Å². The van der Waals surface area contributed by atoms with Gasteiger partial charge in [0.2, 0.25) is 0 Å². The molecule has 1 aliphatic rings. The molecule has 1 aromatic rings. The number of rotatable bonds is 3. The molecule has 0 spiro atoms. The average Bonchev–Trinajstić information content (AvgIpc) is 2.16. The minimum atomic E-state index is -0.212. The first kappa shape index (κ1) is 12.2. The van der Waals surface area contributed by atoms with Crippen LogP contribution in [0.1, 0.15) is 30.9 Å². The van der Waals surface area contributed by atoms with E-state index in [0.717, 1.165) is 24.8 Å². The molecule has 0 aliphatic heterocycles. The topological polar surface area (TPSA) is 46.2 Å². The summed E-state index contributed by atoms with van der Waals surface area (Å²) in [5.74, 6) is 0. The van der Waals surface area contributed by atoms with Crippen molar-refractivity contribution in [3.63, 3.8) is 0 Å². The van der Waals surface area contributed by atoms with E-state index in [2.05, 4.69) is 0 Å². The minimum Gasteiger partial charge on any atom is -0.396 e. The standard InChI is InChI=1S/C12H15Cl2NO/c13-8-2-3-9(10(14)6-8)11(15)12(7-16)4-1-5-12/h2-3,6,11,16H,1,4-5,7,15H2. The van der Waals surface area contributed by atoms with Crippen LogP contribution in [-0.4, -0.2) is 11.7 Å². The second-order valence-corrected chi connectivity index (χ2v) is 5.36. The highest BCUT2D eigenvalue weighted by Crippen LogP contribution is 2.49. The number of hydrogen-bond donors (Lipinski definition) is 2. The van der Waals surface area contributed by atoms with Crippen molar-refractivity contribution in [1.29, 1.82) is 0 Å². The van der Waals surface area contributed by atoms with E-state index in [-0.39, 0.29) is 18.1 Å². The molecule has 0 radical (unpaired) electrons. The van der Waals surface area contributed by atoms with Crippen LogP contribution in [0.3, 0.4) is 0 Å². The highest BCUT2D eigenvalue weighted by Gasteiger charge is 2.43. The third kappa shape index (κ3) is 1.95. The van der Waals surface area contributed by atoms with Crippen molar-refractivity contribution in [1.82, 2.24) is 0 Å². The zero-order chi connectivity index (χ0) is 11.8. The maximum Gasteiger partial charge on any atom is 0.0505 e. The molecule has 4 heteroatoms. The van der Waals surface area contributed by atoms with E-state index < -0.39 is 0 Å². The maximum atomic E-state index is 9.46. The summed E-state index contributed by atoms with van der Waals surface area (Å²) in [6.07, 6.45) is 3.05. The van der Waals surface area contributed by atoms with Gasteiger partial charge in [-0.05, 0) is 30.5 Å². The van der Waals surface area contributed by atoms with Crippen molar-refractivity contribution in [2.24, 2.45) is 11.1 Å². The van der Waals surface area contributed by atoms with Crippen LogP contribution in [0, 0.1) is 5.41 Å². The molecule has 1 aromatic carbocycles. The van der Waals surface area contributed by atoms with Gasteiger partial charge in [0.05, 0.1) is 6.61 Å². The van der Waals surface area contributed by atoms with Gasteiger partial charge in [-0.15, -0.1) is 0 Å². The van der Waals surface area contributed by atoms with Gasteiger partial charge in [0.15, 0.2) is 0 Å². The smallest absolute Gasteiger partial charge is 0.0505 e. The highest BCUT2D eigenvalue weighted by atomic mass is 35.5. The first-order chi connectivity index (χ1) is 7.59. The van der Waals surface area contributed by atoms with E-state index in [9.17, 15) is 5.11 Å². The number of nitrogens with two attached hydrogens (primary N) is 1. The SMILES string of the molecule is NC(c1ccc(Cl)cc1Cl)C1(CO)CCC1. The average molecular weight is 260 g/mol. The van der Waals surface area contributed by atoms with Crippen molar-refractivity contribution in [3.05, 3.63) is 33.8 Å². The molecule has 16 heavy (non-hydrogen) atoms. The predicted octanol–water partition coefficient (Wildman–Crippen LogP) is 3.16. The quantitative estimate of drug-likeness (QED) is 0.876. The maximum absolute atomic E-state index is 9.46. The van der Waals surface area contributed by atoms with Crippen molar-refractivity contribution in [2.45, 2.75) is 25.3 Å². The second-order valence-electron chi connectivity index (χ2n) is 4.52. The Kier molecular flexibility index (Phi) is 3.45. The van der Waals surface area contributed by atoms with E-state index in [1.54, 1.807) is 12.1 Å². The van der Waals surface area contributed by atoms with Crippen LogP contribution in [0.5, 0.6) is 0 Å². The molecule has 1 unspecified atom stereocenters. The fraction of sp³-hybridized carbons (Fsp3) is 0.500. The molecule has 2 rings (SSSR count). The molecule has 0 aromatic heterocycles. The Morgan fingerprint density at radius 3 is 2.50 bits per heavy atom. The molecule has 2 nitrogen and oxygen atoms in total. The molecule has 1 saturated carbocycles. The zero-order valence-electron chi connectivity index (χ0n) is 8.92. The van der Waals surface area contributed by atoms with Crippen LogP contribution in [-0.2, 0) is 0 Å². The van der Waals surface area contributed by atoms with Crippen LogP contribution >= 0.6 is 23.2 Å². The minimum absolute atomic E-state index is 0.118. The van der Waals surface area contributed by atoms with Gasteiger partial charge >= 0.3 is 0 Å². The van der Waals surface area contributed by atoms with Crippen LogP contribution in [0.25, 0.3) is 0 Å². The summed E-state index contributed by atoms with van der Waals surface area (Å²) in [4.78, 5) is 0. The Labute approximate surface area is 105 Å². The van der Waals surface area contributed by atoms with E-state index in [0.29, 0.717) is 10.0 Å². The number of hydrogen-bond acceptors (Lipinski definition) is 2. The lowest BCUT2D eigenvalue weighted by molar-refractivity contribution is 0.0184. The van der Waals surface area contributed by atoms with Gasteiger partial charge in [-0.2, -0.15) is 0 Å². The number of aliphatic hydroxyl groups excluding tert-OH is 1. The van der Waals surface area contributed by atoms with E-state index >= 15 is 0 Å². The molecule has 0 heterocycles. The molecular weight excluding hydrogens is 245 g/mol. The Morgan fingerprint density at radius 2 is 2.06 bits per heavy atom. The monoisotopic (exact) mass is 259 g/mol. The first-order valence-electron chi connectivity index (χ1n) is 5.40. The molecule has 88 valence electrons. The van der Waals surface area contributed by atoms with Crippen molar-refractivity contribution >= 4 is 23.2 Å². The third-order valence-electron chi connectivity index (χ3n) is 3.62. The summed E-state index contributed by atoms with van der Waals surface area (Å²) in [5.41, 5.74) is 6.90. The van der Waals surface area contributed by atoms with Crippen molar-refractivity contribution < 1.29 is 5.11 Å². The van der Waals surface area contributed by atoms with Crippen LogP contribution in [0.4, 0.5) is 0 Å². The van der Waals surface area contributed by atoms with Crippen LogP contribution < -0.4 is 5.73 Å². The molecule has 1 fully saturated rings. The lowest BCUT2D eigenvalue weighted by Gasteiger charge is -2.45. The molecular formula is C12H15Cl2NO. The van der Waals surface area contributed by atoms with Gasteiger partial charge in [-0.3, -0.25) is 0 Å². The van der Waals surface area contributed by atoms with E-state index in [4.69, 9.17) is 28.9 Å². The summed E-state index contributed by atoms with van der Waals surface area (Å²) in [6.45, 7) is 0.118. The zero-order valence-corrected chi connectivity index (χ0v) is 10.4. The van der Waals surface area contributed by atoms with Gasteiger partial charge in [0.1, 0.15) is 0 Å². The Bertz CT molecular complexity index is 385. The molecule has 1 aliphatic carbocycles. The lowest BCUT2D eigenvalue weighted by Crippen LogP contribution is -2.43. The van der Waals surface area contributed by atoms with Gasteiger partial charge in [0.25, 0.3) is 0 Å². The number of aliphatic hydroxyl groups is 1. The lowest BCUT2D eigenvalue weighted by atomic mass is 9.63. The van der Waals surface area contributed by atoms with E-state index in [1.807, 2.05) is 6.07 Å². The fourth-order valence-electron chi connectivity index (χ4n) is 2.28. The van der Waals surface area contributed by atoms with Gasteiger partial charge < -0.3 is 10.8 Å². The largest absolute Gasteiger partial charge is 0.396 e. The summed E-state index contributed by atoms with van der Waals surface area (Å²) in [7, 11) is 0.